The zero-order valence-corrected chi connectivity index (χ0v) is 15.3. The van der Waals surface area contributed by atoms with Gasteiger partial charge in [-0.15, -0.1) is 0 Å². The molecule has 5 nitrogen and oxygen atoms in total. The lowest BCUT2D eigenvalue weighted by Crippen LogP contribution is -2.32. The molecule has 1 atom stereocenters. The van der Waals surface area contributed by atoms with E-state index in [1.165, 1.54) is 29.8 Å². The van der Waals surface area contributed by atoms with Crippen molar-refractivity contribution in [3.8, 4) is 0 Å². The maximum atomic E-state index is 12.5. The fourth-order valence-electron chi connectivity index (χ4n) is 2.56. The summed E-state index contributed by atoms with van der Waals surface area (Å²) in [4.78, 5) is 11.2. The van der Waals surface area contributed by atoms with Gasteiger partial charge in [0.25, 0.3) is 0 Å². The molecule has 0 spiro atoms. The van der Waals surface area contributed by atoms with Crippen molar-refractivity contribution >= 4 is 15.9 Å². The smallest absolute Gasteiger partial charge is 0.248 e. The van der Waals surface area contributed by atoms with Gasteiger partial charge in [0.15, 0.2) is 0 Å². The van der Waals surface area contributed by atoms with Crippen LogP contribution in [-0.4, -0.2) is 20.9 Å². The number of primary amides is 1. The minimum Gasteiger partial charge on any atom is -0.366 e. The van der Waals surface area contributed by atoms with Crippen LogP contribution in [0.2, 0.25) is 0 Å². The van der Waals surface area contributed by atoms with Crippen molar-refractivity contribution in [3.05, 3.63) is 65.7 Å². The van der Waals surface area contributed by atoms with Crippen molar-refractivity contribution in [3.63, 3.8) is 0 Å². The van der Waals surface area contributed by atoms with Crippen LogP contribution in [0.15, 0.2) is 59.5 Å². The molecule has 0 radical (unpaired) electrons. The van der Waals surface area contributed by atoms with Gasteiger partial charge < -0.3 is 5.73 Å². The van der Waals surface area contributed by atoms with E-state index in [4.69, 9.17) is 5.73 Å². The summed E-state index contributed by atoms with van der Waals surface area (Å²) in [5.74, 6) is -0.0677. The number of nitrogens with one attached hydrogen (secondary N) is 1. The molecule has 0 bridgehead atoms. The third-order valence-electron chi connectivity index (χ3n) is 4.27. The molecule has 6 heteroatoms. The molecule has 0 aliphatic carbocycles. The Morgan fingerprint density at radius 3 is 2.16 bits per heavy atom. The molecule has 0 saturated heterocycles. The summed E-state index contributed by atoms with van der Waals surface area (Å²) in [5, 5.41) is 0. The SMILES string of the molecule is CC(C)[C@H](CNS(=O)(=O)c1ccc(C(N)=O)cc1)Cc1ccccc1. The van der Waals surface area contributed by atoms with Crippen molar-refractivity contribution in [2.75, 3.05) is 6.54 Å². The van der Waals surface area contributed by atoms with E-state index >= 15 is 0 Å². The molecule has 25 heavy (non-hydrogen) atoms. The zero-order valence-electron chi connectivity index (χ0n) is 14.5. The summed E-state index contributed by atoms with van der Waals surface area (Å²) in [6.45, 7) is 4.53. The van der Waals surface area contributed by atoms with Crippen LogP contribution >= 0.6 is 0 Å². The Hall–Kier alpha value is -2.18. The summed E-state index contributed by atoms with van der Waals surface area (Å²) in [5.41, 5.74) is 6.64. The highest BCUT2D eigenvalue weighted by Crippen LogP contribution is 2.18. The van der Waals surface area contributed by atoms with E-state index in [2.05, 4.69) is 18.6 Å². The molecule has 1 amide bonds. The second kappa shape index (κ2) is 8.27. The molecule has 2 aromatic carbocycles. The highest BCUT2D eigenvalue weighted by atomic mass is 32.2. The molecule has 0 saturated carbocycles. The molecular weight excluding hydrogens is 336 g/mol. The highest BCUT2D eigenvalue weighted by molar-refractivity contribution is 7.89. The fraction of sp³-hybridized carbons (Fsp3) is 0.316. The molecule has 0 aliphatic heterocycles. The van der Waals surface area contributed by atoms with Crippen LogP contribution in [0.25, 0.3) is 0 Å². The standard InChI is InChI=1S/C19H24N2O3S/c1-14(2)17(12-15-6-4-3-5-7-15)13-21-25(23,24)18-10-8-16(9-11-18)19(20)22/h3-11,14,17,21H,12-13H2,1-2H3,(H2,20,22)/t17-/m0/s1. The van der Waals surface area contributed by atoms with Crippen molar-refractivity contribution in [2.45, 2.75) is 25.2 Å². The maximum Gasteiger partial charge on any atom is 0.248 e. The van der Waals surface area contributed by atoms with Gasteiger partial charge in [-0.2, -0.15) is 0 Å². The van der Waals surface area contributed by atoms with Gasteiger partial charge in [-0.1, -0.05) is 44.2 Å². The summed E-state index contributed by atoms with van der Waals surface area (Å²) in [6, 6.07) is 15.6. The first-order valence-electron chi connectivity index (χ1n) is 8.23. The Labute approximate surface area is 149 Å². The summed E-state index contributed by atoms with van der Waals surface area (Å²) >= 11 is 0. The molecular formula is C19H24N2O3S. The molecule has 0 unspecified atom stereocenters. The van der Waals surface area contributed by atoms with Crippen LogP contribution < -0.4 is 10.5 Å². The van der Waals surface area contributed by atoms with E-state index in [0.29, 0.717) is 12.5 Å². The van der Waals surface area contributed by atoms with Gasteiger partial charge >= 0.3 is 0 Å². The van der Waals surface area contributed by atoms with Crippen LogP contribution in [0.4, 0.5) is 0 Å². The second-order valence-corrected chi connectivity index (χ2v) is 8.20. The van der Waals surface area contributed by atoms with Gasteiger partial charge in [0.05, 0.1) is 4.90 Å². The minimum absolute atomic E-state index is 0.125. The number of nitrogens with two attached hydrogens (primary N) is 1. The van der Waals surface area contributed by atoms with Crippen molar-refractivity contribution in [1.29, 1.82) is 0 Å². The largest absolute Gasteiger partial charge is 0.366 e. The Morgan fingerprint density at radius 1 is 1.04 bits per heavy atom. The predicted octanol–water partition coefficient (Wildman–Crippen LogP) is 2.58. The number of carbonyl (C=O) groups excluding carboxylic acids is 1. The van der Waals surface area contributed by atoms with Crippen LogP contribution in [0.5, 0.6) is 0 Å². The zero-order chi connectivity index (χ0) is 18.4. The first-order chi connectivity index (χ1) is 11.8. The Kier molecular flexibility index (Phi) is 6.33. The summed E-state index contributed by atoms with van der Waals surface area (Å²) in [7, 11) is -3.63. The summed E-state index contributed by atoms with van der Waals surface area (Å²) < 4.78 is 27.6. The molecule has 2 aromatic rings. The number of amides is 1. The molecule has 3 N–H and O–H groups in total. The number of carbonyl (C=O) groups is 1. The third-order valence-corrected chi connectivity index (χ3v) is 5.71. The predicted molar refractivity (Wildman–Crippen MR) is 98.6 cm³/mol. The second-order valence-electron chi connectivity index (χ2n) is 6.43. The number of hydrogen-bond acceptors (Lipinski definition) is 3. The van der Waals surface area contributed by atoms with Gasteiger partial charge in [0.2, 0.25) is 15.9 Å². The van der Waals surface area contributed by atoms with Gasteiger partial charge in [-0.25, -0.2) is 13.1 Å². The molecule has 0 fully saturated rings. The van der Waals surface area contributed by atoms with Gasteiger partial charge in [-0.05, 0) is 48.1 Å². The van der Waals surface area contributed by atoms with E-state index < -0.39 is 15.9 Å². The third kappa shape index (κ3) is 5.41. The van der Waals surface area contributed by atoms with E-state index in [9.17, 15) is 13.2 Å². The monoisotopic (exact) mass is 360 g/mol. The molecule has 134 valence electrons. The van der Waals surface area contributed by atoms with Crippen molar-refractivity contribution < 1.29 is 13.2 Å². The molecule has 0 aromatic heterocycles. The maximum absolute atomic E-state index is 12.5. The van der Waals surface area contributed by atoms with E-state index in [1.54, 1.807) is 0 Å². The van der Waals surface area contributed by atoms with Crippen molar-refractivity contribution in [2.24, 2.45) is 17.6 Å². The van der Waals surface area contributed by atoms with Gasteiger partial charge in [-0.3, -0.25) is 4.79 Å². The average molecular weight is 360 g/mol. The quantitative estimate of drug-likeness (QED) is 0.758. The lowest BCUT2D eigenvalue weighted by molar-refractivity contribution is 0.1000. The first kappa shape index (κ1) is 19.1. The number of sulfonamides is 1. The van der Waals surface area contributed by atoms with Crippen LogP contribution in [0.1, 0.15) is 29.8 Å². The van der Waals surface area contributed by atoms with Crippen LogP contribution in [-0.2, 0) is 16.4 Å². The molecule has 0 heterocycles. The van der Waals surface area contributed by atoms with E-state index in [1.807, 2.05) is 30.3 Å². The topological polar surface area (TPSA) is 89.3 Å². The Balaban J connectivity index is 2.06. The van der Waals surface area contributed by atoms with Crippen LogP contribution in [0.3, 0.4) is 0 Å². The Morgan fingerprint density at radius 2 is 1.64 bits per heavy atom. The van der Waals surface area contributed by atoms with Gasteiger partial charge in [0.1, 0.15) is 0 Å². The minimum atomic E-state index is -3.63. The Bertz CT molecular complexity index is 800. The number of rotatable bonds is 8. The lowest BCUT2D eigenvalue weighted by Gasteiger charge is -2.21. The fourth-order valence-corrected chi connectivity index (χ4v) is 3.65. The molecule has 2 rings (SSSR count). The number of hydrogen-bond donors (Lipinski definition) is 2. The first-order valence-corrected chi connectivity index (χ1v) is 9.71. The molecule has 0 aliphatic rings. The number of benzene rings is 2. The summed E-state index contributed by atoms with van der Waals surface area (Å²) in [6.07, 6.45) is 0.807. The van der Waals surface area contributed by atoms with Crippen molar-refractivity contribution in [1.82, 2.24) is 4.72 Å². The normalized spacial score (nSPS) is 12.9. The van der Waals surface area contributed by atoms with E-state index in [0.717, 1.165) is 6.42 Å². The van der Waals surface area contributed by atoms with E-state index in [-0.39, 0.29) is 16.4 Å². The lowest BCUT2D eigenvalue weighted by atomic mass is 9.89. The highest BCUT2D eigenvalue weighted by Gasteiger charge is 2.20. The van der Waals surface area contributed by atoms with Crippen LogP contribution in [0, 0.1) is 11.8 Å². The van der Waals surface area contributed by atoms with Gasteiger partial charge in [0, 0.05) is 12.1 Å². The average Bonchev–Trinajstić information content (AvgIpc) is 2.59.